The quantitative estimate of drug-likeness (QED) is 0.854. The van der Waals surface area contributed by atoms with Gasteiger partial charge < -0.3 is 5.32 Å². The van der Waals surface area contributed by atoms with Gasteiger partial charge in [0.15, 0.2) is 0 Å². The van der Waals surface area contributed by atoms with E-state index in [4.69, 9.17) is 0 Å². The Morgan fingerprint density at radius 3 is 2.78 bits per heavy atom. The second kappa shape index (κ2) is 8.00. The van der Waals surface area contributed by atoms with E-state index in [1.54, 1.807) is 11.3 Å². The third-order valence-corrected chi connectivity index (χ3v) is 5.58. The molecule has 1 aliphatic heterocycles. The van der Waals surface area contributed by atoms with Crippen LogP contribution in [0.4, 0.5) is 5.69 Å². The Hall–Kier alpha value is -2.54. The van der Waals surface area contributed by atoms with Crippen LogP contribution in [-0.2, 0) is 16.1 Å². The molecule has 3 rings (SSSR count). The number of amides is 2. The van der Waals surface area contributed by atoms with Gasteiger partial charge in [-0.3, -0.25) is 9.59 Å². The molecule has 142 valence electrons. The molecule has 0 saturated carbocycles. The van der Waals surface area contributed by atoms with Crippen molar-refractivity contribution < 1.29 is 9.59 Å². The minimum Gasteiger partial charge on any atom is -0.345 e. The van der Waals surface area contributed by atoms with Crippen molar-refractivity contribution in [1.82, 2.24) is 10.3 Å². The Morgan fingerprint density at radius 1 is 1.30 bits per heavy atom. The van der Waals surface area contributed by atoms with Gasteiger partial charge in [-0.2, -0.15) is 5.10 Å². The molecule has 0 spiro atoms. The molecule has 0 unspecified atom stereocenters. The van der Waals surface area contributed by atoms with E-state index < -0.39 is 0 Å². The maximum atomic E-state index is 12.5. The number of nitrogens with one attached hydrogen (secondary N) is 1. The lowest BCUT2D eigenvalue weighted by Crippen LogP contribution is -2.39. The molecule has 1 aliphatic rings. The number of thiazole rings is 1. The molecule has 0 radical (unpaired) electrons. The molecule has 1 N–H and O–H groups in total. The summed E-state index contributed by atoms with van der Waals surface area (Å²) in [5, 5.41) is 11.6. The van der Waals surface area contributed by atoms with E-state index in [2.05, 4.69) is 29.2 Å². The van der Waals surface area contributed by atoms with Crippen molar-refractivity contribution in [3.63, 3.8) is 0 Å². The molecular formula is C20H24N4O2S. The van der Waals surface area contributed by atoms with Gasteiger partial charge in [0.05, 0.1) is 22.9 Å². The second-order valence-corrected chi connectivity index (χ2v) is 7.95. The molecule has 0 bridgehead atoms. The molecule has 2 amide bonds. The topological polar surface area (TPSA) is 74.7 Å². The Labute approximate surface area is 163 Å². The number of carbonyl (C=O) groups excluding carboxylic acids is 2. The SMILES string of the molecule is Cc1ccc(C)c(N2N=C(C(=O)NCc3csc(C(C)C)n3)CCC2=O)c1. The first-order valence-electron chi connectivity index (χ1n) is 9.05. The summed E-state index contributed by atoms with van der Waals surface area (Å²) in [5.74, 6) is 0.0255. The molecule has 2 aromatic rings. The maximum Gasteiger partial charge on any atom is 0.267 e. The van der Waals surface area contributed by atoms with Crippen LogP contribution >= 0.6 is 11.3 Å². The van der Waals surface area contributed by atoms with Gasteiger partial charge in [-0.1, -0.05) is 26.0 Å². The lowest BCUT2D eigenvalue weighted by molar-refractivity contribution is -0.119. The summed E-state index contributed by atoms with van der Waals surface area (Å²) >= 11 is 1.60. The van der Waals surface area contributed by atoms with Crippen LogP contribution in [0.3, 0.4) is 0 Å². The fourth-order valence-electron chi connectivity index (χ4n) is 2.79. The molecule has 0 aliphatic carbocycles. The first-order valence-corrected chi connectivity index (χ1v) is 9.93. The molecule has 0 fully saturated rings. The minimum absolute atomic E-state index is 0.0960. The average molecular weight is 385 g/mol. The van der Waals surface area contributed by atoms with Crippen LogP contribution in [0.15, 0.2) is 28.7 Å². The molecule has 1 aromatic heterocycles. The van der Waals surface area contributed by atoms with Crippen molar-refractivity contribution in [1.29, 1.82) is 0 Å². The number of hydrogen-bond acceptors (Lipinski definition) is 5. The van der Waals surface area contributed by atoms with Gasteiger partial charge in [-0.05, 0) is 31.0 Å². The third-order valence-electron chi connectivity index (χ3n) is 4.38. The summed E-state index contributed by atoms with van der Waals surface area (Å²) in [6.45, 7) is 8.45. The lowest BCUT2D eigenvalue weighted by Gasteiger charge is -2.24. The van der Waals surface area contributed by atoms with Crippen LogP contribution in [-0.4, -0.2) is 22.5 Å². The normalized spacial score (nSPS) is 14.5. The van der Waals surface area contributed by atoms with Crippen molar-refractivity contribution in [2.24, 2.45) is 5.10 Å². The van der Waals surface area contributed by atoms with Gasteiger partial charge in [0.25, 0.3) is 5.91 Å². The highest BCUT2D eigenvalue weighted by molar-refractivity contribution is 7.09. The predicted molar refractivity (Wildman–Crippen MR) is 108 cm³/mol. The van der Waals surface area contributed by atoms with Crippen LogP contribution in [0.5, 0.6) is 0 Å². The number of carbonyl (C=O) groups is 2. The second-order valence-electron chi connectivity index (χ2n) is 7.06. The standard InChI is InChI=1S/C20H24N4O2S/c1-12(2)20-22-15(11-27-20)10-21-19(26)16-7-8-18(25)24(23-16)17-9-13(3)5-6-14(17)4/h5-6,9,11-12H,7-8,10H2,1-4H3,(H,21,26). The van der Waals surface area contributed by atoms with E-state index in [9.17, 15) is 9.59 Å². The van der Waals surface area contributed by atoms with Gasteiger partial charge in [0, 0.05) is 24.1 Å². The Bertz CT molecular complexity index is 901. The van der Waals surface area contributed by atoms with E-state index in [0.29, 0.717) is 24.6 Å². The fourth-order valence-corrected chi connectivity index (χ4v) is 3.63. The fraction of sp³-hybridized carbons (Fsp3) is 0.400. The van der Waals surface area contributed by atoms with Gasteiger partial charge in [-0.15, -0.1) is 11.3 Å². The van der Waals surface area contributed by atoms with Crippen molar-refractivity contribution in [2.45, 2.75) is 53.0 Å². The van der Waals surface area contributed by atoms with Crippen LogP contribution in [0, 0.1) is 13.8 Å². The lowest BCUT2D eigenvalue weighted by atomic mass is 10.1. The molecule has 0 saturated heterocycles. The summed E-state index contributed by atoms with van der Waals surface area (Å²) < 4.78 is 0. The molecule has 6 nitrogen and oxygen atoms in total. The largest absolute Gasteiger partial charge is 0.345 e. The summed E-state index contributed by atoms with van der Waals surface area (Å²) in [6.07, 6.45) is 0.619. The van der Waals surface area contributed by atoms with E-state index in [0.717, 1.165) is 27.5 Å². The Balaban J connectivity index is 1.73. The predicted octanol–water partition coefficient (Wildman–Crippen LogP) is 3.68. The summed E-state index contributed by atoms with van der Waals surface area (Å²) in [5.41, 5.74) is 3.93. The number of hydrogen-bond donors (Lipinski definition) is 1. The molecule has 0 atom stereocenters. The van der Waals surface area contributed by atoms with E-state index in [-0.39, 0.29) is 18.2 Å². The van der Waals surface area contributed by atoms with Crippen molar-refractivity contribution in [3.8, 4) is 0 Å². The number of aromatic nitrogens is 1. The highest BCUT2D eigenvalue weighted by atomic mass is 32.1. The zero-order chi connectivity index (χ0) is 19.6. The number of hydrazone groups is 1. The molecule has 2 heterocycles. The Morgan fingerprint density at radius 2 is 2.07 bits per heavy atom. The summed E-state index contributed by atoms with van der Waals surface area (Å²) in [6, 6.07) is 5.86. The average Bonchev–Trinajstić information content (AvgIpc) is 3.12. The number of nitrogens with zero attached hydrogens (tertiary/aromatic N) is 3. The van der Waals surface area contributed by atoms with E-state index >= 15 is 0 Å². The summed E-state index contributed by atoms with van der Waals surface area (Å²) in [4.78, 5) is 29.4. The summed E-state index contributed by atoms with van der Waals surface area (Å²) in [7, 11) is 0. The van der Waals surface area contributed by atoms with Gasteiger partial charge in [0.2, 0.25) is 5.91 Å². The smallest absolute Gasteiger partial charge is 0.267 e. The van der Waals surface area contributed by atoms with Crippen LogP contribution in [0.2, 0.25) is 0 Å². The molecular weight excluding hydrogens is 360 g/mol. The van der Waals surface area contributed by atoms with Crippen LogP contribution in [0.1, 0.15) is 54.4 Å². The molecule has 27 heavy (non-hydrogen) atoms. The molecule has 1 aromatic carbocycles. The highest BCUT2D eigenvalue weighted by Gasteiger charge is 2.26. The zero-order valence-corrected chi connectivity index (χ0v) is 16.9. The van der Waals surface area contributed by atoms with Crippen LogP contribution < -0.4 is 10.3 Å². The van der Waals surface area contributed by atoms with Crippen molar-refractivity contribution in [2.75, 3.05) is 5.01 Å². The number of benzene rings is 1. The molecule has 7 heteroatoms. The number of anilines is 1. The first kappa shape index (κ1) is 19.2. The van der Waals surface area contributed by atoms with E-state index in [1.807, 2.05) is 37.4 Å². The van der Waals surface area contributed by atoms with Crippen molar-refractivity contribution >= 4 is 34.6 Å². The Kier molecular flexibility index (Phi) is 5.70. The highest BCUT2D eigenvalue weighted by Crippen LogP contribution is 2.25. The third kappa shape index (κ3) is 4.42. The van der Waals surface area contributed by atoms with Crippen LogP contribution in [0.25, 0.3) is 0 Å². The maximum absolute atomic E-state index is 12.5. The zero-order valence-electron chi connectivity index (χ0n) is 16.1. The van der Waals surface area contributed by atoms with Crippen molar-refractivity contribution in [3.05, 3.63) is 45.4 Å². The van der Waals surface area contributed by atoms with E-state index in [1.165, 1.54) is 5.01 Å². The van der Waals surface area contributed by atoms with Gasteiger partial charge >= 0.3 is 0 Å². The minimum atomic E-state index is -0.253. The van der Waals surface area contributed by atoms with Gasteiger partial charge in [0.1, 0.15) is 5.71 Å². The van der Waals surface area contributed by atoms with Gasteiger partial charge in [-0.25, -0.2) is 9.99 Å². The number of rotatable bonds is 5. The monoisotopic (exact) mass is 384 g/mol. The number of aryl methyl sites for hydroxylation is 2. The first-order chi connectivity index (χ1) is 12.8.